The maximum absolute atomic E-state index is 12.4. The highest BCUT2D eigenvalue weighted by molar-refractivity contribution is 7.89. The summed E-state index contributed by atoms with van der Waals surface area (Å²) in [6.45, 7) is 1.49. The standard InChI is InChI=1S/C16H24N4O5S/c1-25-8-7-20-11-12(9-15(20)21)16(22)19-13-3-2-4-14(10-13)26(23,24)18-6-5-17/h2-4,10,12,18H,5-9,11,17H2,1H3,(H,19,22). The van der Waals surface area contributed by atoms with Crippen LogP contribution in [0.25, 0.3) is 0 Å². The number of carbonyl (C=O) groups excluding carboxylic acids is 2. The molecule has 1 aliphatic rings. The number of anilines is 1. The summed E-state index contributed by atoms with van der Waals surface area (Å²) in [4.78, 5) is 26.0. The van der Waals surface area contributed by atoms with Crippen molar-refractivity contribution in [2.24, 2.45) is 11.7 Å². The van der Waals surface area contributed by atoms with E-state index in [4.69, 9.17) is 10.5 Å². The Morgan fingerprint density at radius 1 is 1.42 bits per heavy atom. The number of nitrogens with one attached hydrogen (secondary N) is 2. The first-order valence-electron chi connectivity index (χ1n) is 8.24. The number of hydrogen-bond acceptors (Lipinski definition) is 6. The monoisotopic (exact) mass is 384 g/mol. The first-order chi connectivity index (χ1) is 12.4. The molecule has 1 atom stereocenters. The van der Waals surface area contributed by atoms with Crippen molar-refractivity contribution in [1.29, 1.82) is 0 Å². The summed E-state index contributed by atoms with van der Waals surface area (Å²) in [6.07, 6.45) is 0.131. The second-order valence-electron chi connectivity index (χ2n) is 5.94. The molecule has 1 saturated heterocycles. The Bertz CT molecular complexity index is 753. The van der Waals surface area contributed by atoms with Crippen LogP contribution in [-0.2, 0) is 24.3 Å². The van der Waals surface area contributed by atoms with Gasteiger partial charge in [-0.25, -0.2) is 13.1 Å². The van der Waals surface area contributed by atoms with Crippen molar-refractivity contribution >= 4 is 27.5 Å². The third kappa shape index (κ3) is 5.24. The van der Waals surface area contributed by atoms with E-state index < -0.39 is 15.9 Å². The lowest BCUT2D eigenvalue weighted by atomic mass is 10.1. The predicted octanol–water partition coefficient (Wildman–Crippen LogP) is -0.643. The summed E-state index contributed by atoms with van der Waals surface area (Å²) in [7, 11) is -2.14. The van der Waals surface area contributed by atoms with Crippen LogP contribution in [0.3, 0.4) is 0 Å². The van der Waals surface area contributed by atoms with E-state index >= 15 is 0 Å². The van der Waals surface area contributed by atoms with Crippen molar-refractivity contribution < 1.29 is 22.7 Å². The van der Waals surface area contributed by atoms with Gasteiger partial charge >= 0.3 is 0 Å². The van der Waals surface area contributed by atoms with Crippen LogP contribution in [0.15, 0.2) is 29.2 Å². The van der Waals surface area contributed by atoms with Gasteiger partial charge in [-0.2, -0.15) is 0 Å². The minimum Gasteiger partial charge on any atom is -0.383 e. The number of nitrogens with zero attached hydrogens (tertiary/aromatic N) is 1. The Hall–Kier alpha value is -2.01. The molecule has 1 aliphatic heterocycles. The van der Waals surface area contributed by atoms with Gasteiger partial charge in [-0.05, 0) is 18.2 Å². The first kappa shape index (κ1) is 20.3. The normalized spacial score (nSPS) is 17.5. The highest BCUT2D eigenvalue weighted by Crippen LogP contribution is 2.21. The molecule has 26 heavy (non-hydrogen) atoms. The minimum absolute atomic E-state index is 0.0352. The molecule has 0 radical (unpaired) electrons. The number of ether oxygens (including phenoxy) is 1. The van der Waals surface area contributed by atoms with Crippen molar-refractivity contribution in [3.05, 3.63) is 24.3 Å². The summed E-state index contributed by atoms with van der Waals surface area (Å²) in [5.74, 6) is -0.887. The van der Waals surface area contributed by atoms with Gasteiger partial charge in [0.1, 0.15) is 0 Å². The minimum atomic E-state index is -3.69. The van der Waals surface area contributed by atoms with Gasteiger partial charge in [0.2, 0.25) is 21.8 Å². The smallest absolute Gasteiger partial charge is 0.240 e. The van der Waals surface area contributed by atoms with Gasteiger partial charge in [0.25, 0.3) is 0 Å². The Morgan fingerprint density at radius 3 is 2.88 bits per heavy atom. The lowest BCUT2D eigenvalue weighted by Gasteiger charge is -2.16. The Morgan fingerprint density at radius 2 is 2.19 bits per heavy atom. The number of methoxy groups -OCH3 is 1. The molecule has 1 aromatic rings. The number of rotatable bonds is 9. The number of amides is 2. The number of hydrogen-bond donors (Lipinski definition) is 3. The average molecular weight is 384 g/mol. The average Bonchev–Trinajstić information content (AvgIpc) is 2.99. The second kappa shape index (κ2) is 9.08. The molecule has 2 rings (SSSR count). The van der Waals surface area contributed by atoms with Gasteiger partial charge in [-0.3, -0.25) is 9.59 Å². The molecule has 0 saturated carbocycles. The fourth-order valence-corrected chi connectivity index (χ4v) is 3.72. The summed E-state index contributed by atoms with van der Waals surface area (Å²) >= 11 is 0. The highest BCUT2D eigenvalue weighted by atomic mass is 32.2. The zero-order chi connectivity index (χ0) is 19.2. The van der Waals surface area contributed by atoms with E-state index in [-0.39, 0.29) is 36.2 Å². The molecule has 1 aromatic carbocycles. The van der Waals surface area contributed by atoms with Crippen molar-refractivity contribution in [2.45, 2.75) is 11.3 Å². The zero-order valence-corrected chi connectivity index (χ0v) is 15.4. The van der Waals surface area contributed by atoms with Gasteiger partial charge in [-0.1, -0.05) is 6.07 Å². The Labute approximate surface area is 152 Å². The molecule has 0 bridgehead atoms. The maximum Gasteiger partial charge on any atom is 0.240 e. The number of likely N-dealkylation sites (tertiary alicyclic amines) is 1. The molecule has 10 heteroatoms. The van der Waals surface area contributed by atoms with E-state index in [9.17, 15) is 18.0 Å². The van der Waals surface area contributed by atoms with Crippen molar-refractivity contribution in [1.82, 2.24) is 9.62 Å². The van der Waals surface area contributed by atoms with Gasteiger partial charge in [-0.15, -0.1) is 0 Å². The largest absolute Gasteiger partial charge is 0.383 e. The van der Waals surface area contributed by atoms with Crippen LogP contribution in [0.2, 0.25) is 0 Å². The van der Waals surface area contributed by atoms with Crippen molar-refractivity contribution in [2.75, 3.05) is 45.2 Å². The molecule has 1 fully saturated rings. The maximum atomic E-state index is 12.4. The van der Waals surface area contributed by atoms with Crippen LogP contribution < -0.4 is 15.8 Å². The Balaban J connectivity index is 2.02. The molecule has 0 aliphatic carbocycles. The van der Waals surface area contributed by atoms with Gasteiger partial charge in [0.05, 0.1) is 17.4 Å². The van der Waals surface area contributed by atoms with E-state index in [1.54, 1.807) is 18.1 Å². The van der Waals surface area contributed by atoms with Crippen LogP contribution in [0.5, 0.6) is 0 Å². The summed E-state index contributed by atoms with van der Waals surface area (Å²) in [5.41, 5.74) is 5.66. The summed E-state index contributed by atoms with van der Waals surface area (Å²) in [5, 5.41) is 2.68. The quantitative estimate of drug-likeness (QED) is 0.519. The number of carbonyl (C=O) groups is 2. The number of benzene rings is 1. The molecule has 0 aromatic heterocycles. The molecular weight excluding hydrogens is 360 g/mol. The first-order valence-corrected chi connectivity index (χ1v) is 9.73. The third-order valence-corrected chi connectivity index (χ3v) is 5.46. The number of nitrogens with two attached hydrogens (primary N) is 1. The highest BCUT2D eigenvalue weighted by Gasteiger charge is 2.34. The molecule has 144 valence electrons. The van der Waals surface area contributed by atoms with Crippen molar-refractivity contribution in [3.8, 4) is 0 Å². The van der Waals surface area contributed by atoms with Crippen LogP contribution in [0.4, 0.5) is 5.69 Å². The second-order valence-corrected chi connectivity index (χ2v) is 7.70. The van der Waals surface area contributed by atoms with Gasteiger partial charge in [0, 0.05) is 45.4 Å². The van der Waals surface area contributed by atoms with Crippen LogP contribution in [0.1, 0.15) is 6.42 Å². The molecular formula is C16H24N4O5S. The Kier molecular flexibility index (Phi) is 7.09. The van der Waals surface area contributed by atoms with Gasteiger partial charge < -0.3 is 20.7 Å². The van der Waals surface area contributed by atoms with Crippen LogP contribution in [0, 0.1) is 5.92 Å². The van der Waals surface area contributed by atoms with E-state index in [2.05, 4.69) is 10.0 Å². The van der Waals surface area contributed by atoms with E-state index in [0.717, 1.165) is 0 Å². The van der Waals surface area contributed by atoms with Crippen LogP contribution in [-0.4, -0.2) is 65.0 Å². The summed E-state index contributed by atoms with van der Waals surface area (Å²) < 4.78 is 31.6. The van der Waals surface area contributed by atoms with Gasteiger partial charge in [0.15, 0.2) is 0 Å². The fourth-order valence-electron chi connectivity index (χ4n) is 2.63. The van der Waals surface area contributed by atoms with Crippen molar-refractivity contribution in [3.63, 3.8) is 0 Å². The third-order valence-electron chi connectivity index (χ3n) is 4.00. The molecule has 0 spiro atoms. The predicted molar refractivity (Wildman–Crippen MR) is 95.9 cm³/mol. The number of sulfonamides is 1. The summed E-state index contributed by atoms with van der Waals surface area (Å²) in [6, 6.07) is 5.94. The lowest BCUT2D eigenvalue weighted by molar-refractivity contribution is -0.128. The topological polar surface area (TPSA) is 131 Å². The molecule has 4 N–H and O–H groups in total. The SMILES string of the molecule is COCCN1CC(C(=O)Nc2cccc(S(=O)(=O)NCCN)c2)CC1=O. The van der Waals surface area contributed by atoms with Crippen LogP contribution >= 0.6 is 0 Å². The van der Waals surface area contributed by atoms with E-state index in [1.807, 2.05) is 0 Å². The van der Waals surface area contributed by atoms with E-state index in [1.165, 1.54) is 18.2 Å². The molecule has 2 amide bonds. The molecule has 1 heterocycles. The zero-order valence-electron chi connectivity index (χ0n) is 14.6. The fraction of sp³-hybridized carbons (Fsp3) is 0.500. The molecule has 1 unspecified atom stereocenters. The molecule has 9 nitrogen and oxygen atoms in total. The van der Waals surface area contributed by atoms with E-state index in [0.29, 0.717) is 25.4 Å². The lowest BCUT2D eigenvalue weighted by Crippen LogP contribution is -2.31.